The molecule has 0 atom stereocenters. The molecule has 1 aliphatic rings. The molecule has 4 nitrogen and oxygen atoms in total. The molecule has 0 radical (unpaired) electrons. The average Bonchev–Trinajstić information content (AvgIpc) is 3.04. The summed E-state index contributed by atoms with van der Waals surface area (Å²) in [5.41, 5.74) is 0.497. The van der Waals surface area contributed by atoms with E-state index in [2.05, 4.69) is 5.10 Å². The van der Waals surface area contributed by atoms with Crippen molar-refractivity contribution in [1.29, 1.82) is 0 Å². The molecule has 106 valence electrons. The van der Waals surface area contributed by atoms with Crippen molar-refractivity contribution in [3.05, 3.63) is 34.9 Å². The zero-order valence-corrected chi connectivity index (χ0v) is 12.3. The van der Waals surface area contributed by atoms with Crippen molar-refractivity contribution in [3.63, 3.8) is 0 Å². The quantitative estimate of drug-likeness (QED) is 0.866. The van der Waals surface area contributed by atoms with E-state index in [0.29, 0.717) is 16.2 Å². The van der Waals surface area contributed by atoms with Crippen molar-refractivity contribution in [2.75, 3.05) is 13.1 Å². The standard InChI is InChI=1S/C14H17FN4S/c1-17-13(11-6-2-3-7-12(11)15)16-19(14(17)20)10-18-8-4-5-9-18/h2-3,6-7H,4-5,8-10H2,1H3/p+1. The van der Waals surface area contributed by atoms with Gasteiger partial charge in [-0.2, -0.15) is 4.68 Å². The van der Waals surface area contributed by atoms with Gasteiger partial charge >= 0.3 is 0 Å². The van der Waals surface area contributed by atoms with Crippen LogP contribution in [-0.4, -0.2) is 27.4 Å². The van der Waals surface area contributed by atoms with Crippen LogP contribution in [-0.2, 0) is 13.7 Å². The second-order valence-corrected chi connectivity index (χ2v) is 5.62. The van der Waals surface area contributed by atoms with E-state index in [9.17, 15) is 4.39 Å². The lowest BCUT2D eigenvalue weighted by Gasteiger charge is -2.10. The summed E-state index contributed by atoms with van der Waals surface area (Å²) in [7, 11) is 1.84. The Kier molecular flexibility index (Phi) is 3.67. The SMILES string of the molecule is Cn1c(-c2ccccc2F)nn(C[NH+]2CCCC2)c1=S. The lowest BCUT2D eigenvalue weighted by atomic mass is 10.2. The number of hydrogen-bond acceptors (Lipinski definition) is 2. The normalized spacial score (nSPS) is 15.9. The summed E-state index contributed by atoms with van der Waals surface area (Å²) in [5.74, 6) is 0.322. The Balaban J connectivity index is 1.97. The first-order valence-electron chi connectivity index (χ1n) is 6.89. The zero-order valence-electron chi connectivity index (χ0n) is 11.5. The van der Waals surface area contributed by atoms with Crippen LogP contribution in [0.1, 0.15) is 12.8 Å². The van der Waals surface area contributed by atoms with Crippen molar-refractivity contribution in [3.8, 4) is 11.4 Å². The summed E-state index contributed by atoms with van der Waals surface area (Å²) in [4.78, 5) is 1.49. The van der Waals surface area contributed by atoms with Crippen LogP contribution in [0.3, 0.4) is 0 Å². The van der Waals surface area contributed by atoms with E-state index in [-0.39, 0.29) is 5.82 Å². The maximum absolute atomic E-state index is 13.9. The number of halogens is 1. The summed E-state index contributed by atoms with van der Waals surface area (Å²) in [6.45, 7) is 3.09. The Bertz CT molecular complexity index is 670. The third-order valence-electron chi connectivity index (χ3n) is 3.84. The molecular formula is C14H18FN4S+. The first kappa shape index (κ1) is 13.5. The largest absolute Gasteiger partial charge is 0.316 e. The topological polar surface area (TPSA) is 27.2 Å². The van der Waals surface area contributed by atoms with Crippen LogP contribution in [0.25, 0.3) is 11.4 Å². The van der Waals surface area contributed by atoms with Crippen LogP contribution >= 0.6 is 12.2 Å². The summed E-state index contributed by atoms with van der Waals surface area (Å²) in [6, 6.07) is 6.67. The number of benzene rings is 1. The monoisotopic (exact) mass is 293 g/mol. The molecule has 3 rings (SSSR count). The maximum atomic E-state index is 13.9. The van der Waals surface area contributed by atoms with Gasteiger partial charge in [-0.3, -0.25) is 0 Å². The third-order valence-corrected chi connectivity index (χ3v) is 4.32. The molecule has 2 heterocycles. The first-order valence-corrected chi connectivity index (χ1v) is 7.30. The smallest absolute Gasteiger partial charge is 0.202 e. The van der Waals surface area contributed by atoms with Crippen LogP contribution in [0.15, 0.2) is 24.3 Å². The number of hydrogen-bond donors (Lipinski definition) is 1. The molecule has 0 amide bonds. The highest BCUT2D eigenvalue weighted by molar-refractivity contribution is 7.71. The summed E-state index contributed by atoms with van der Waals surface area (Å²) >= 11 is 5.42. The molecule has 20 heavy (non-hydrogen) atoms. The molecule has 1 aromatic carbocycles. The fraction of sp³-hybridized carbons (Fsp3) is 0.429. The summed E-state index contributed by atoms with van der Waals surface area (Å²) < 4.78 is 18.1. The number of aromatic nitrogens is 3. The molecule has 0 spiro atoms. The molecular weight excluding hydrogens is 275 g/mol. The van der Waals surface area contributed by atoms with Gasteiger partial charge < -0.3 is 9.47 Å². The van der Waals surface area contributed by atoms with E-state index in [1.165, 1.54) is 23.8 Å². The zero-order chi connectivity index (χ0) is 14.1. The second kappa shape index (κ2) is 5.46. The molecule has 1 N–H and O–H groups in total. The molecule has 1 aromatic heterocycles. The average molecular weight is 293 g/mol. The van der Waals surface area contributed by atoms with Gasteiger partial charge in [0, 0.05) is 19.9 Å². The van der Waals surface area contributed by atoms with Crippen molar-refractivity contribution in [1.82, 2.24) is 14.3 Å². The minimum atomic E-state index is -0.267. The van der Waals surface area contributed by atoms with Gasteiger partial charge in [-0.25, -0.2) is 4.39 Å². The van der Waals surface area contributed by atoms with Crippen molar-refractivity contribution in [2.24, 2.45) is 7.05 Å². The van der Waals surface area contributed by atoms with Gasteiger partial charge in [-0.05, 0) is 24.4 Å². The molecule has 1 fully saturated rings. The number of rotatable bonds is 3. The van der Waals surface area contributed by atoms with Crippen LogP contribution in [0.4, 0.5) is 4.39 Å². The molecule has 0 aliphatic carbocycles. The van der Waals surface area contributed by atoms with Gasteiger partial charge in [0.1, 0.15) is 5.82 Å². The Labute approximate surface area is 122 Å². The van der Waals surface area contributed by atoms with Crippen LogP contribution in [0.5, 0.6) is 0 Å². The Hall–Kier alpha value is -1.53. The van der Waals surface area contributed by atoms with E-state index < -0.39 is 0 Å². The molecule has 2 aromatic rings. The number of likely N-dealkylation sites (tertiary alicyclic amines) is 1. The van der Waals surface area contributed by atoms with E-state index in [4.69, 9.17) is 12.2 Å². The van der Waals surface area contributed by atoms with Gasteiger partial charge in [0.2, 0.25) is 4.77 Å². The third kappa shape index (κ3) is 2.41. The van der Waals surface area contributed by atoms with E-state index in [1.54, 1.807) is 16.7 Å². The van der Waals surface area contributed by atoms with Crippen molar-refractivity contribution < 1.29 is 9.29 Å². The minimum absolute atomic E-state index is 0.267. The molecule has 0 unspecified atom stereocenters. The Morgan fingerprint density at radius 1 is 1.30 bits per heavy atom. The van der Waals surface area contributed by atoms with Crippen molar-refractivity contribution in [2.45, 2.75) is 19.5 Å². The molecule has 0 saturated carbocycles. The predicted octanol–water partition coefficient (Wildman–Crippen LogP) is 1.39. The number of nitrogens with one attached hydrogen (secondary N) is 1. The number of nitrogens with zero attached hydrogens (tertiary/aromatic N) is 3. The van der Waals surface area contributed by atoms with Crippen LogP contribution < -0.4 is 4.90 Å². The van der Waals surface area contributed by atoms with Gasteiger partial charge in [0.25, 0.3) is 0 Å². The van der Waals surface area contributed by atoms with Gasteiger partial charge in [0.15, 0.2) is 12.5 Å². The van der Waals surface area contributed by atoms with Gasteiger partial charge in [0.05, 0.1) is 18.7 Å². The molecule has 1 aliphatic heterocycles. The molecule has 0 bridgehead atoms. The van der Waals surface area contributed by atoms with Gasteiger partial charge in [-0.1, -0.05) is 12.1 Å². The van der Waals surface area contributed by atoms with E-state index >= 15 is 0 Å². The van der Waals surface area contributed by atoms with Crippen molar-refractivity contribution >= 4 is 12.2 Å². The Morgan fingerprint density at radius 3 is 2.70 bits per heavy atom. The highest BCUT2D eigenvalue weighted by Crippen LogP contribution is 2.20. The highest BCUT2D eigenvalue weighted by atomic mass is 32.1. The maximum Gasteiger partial charge on any atom is 0.202 e. The van der Waals surface area contributed by atoms with Crippen LogP contribution in [0.2, 0.25) is 0 Å². The second-order valence-electron chi connectivity index (χ2n) is 5.26. The predicted molar refractivity (Wildman–Crippen MR) is 77.4 cm³/mol. The van der Waals surface area contributed by atoms with Gasteiger partial charge in [-0.15, -0.1) is 5.10 Å². The highest BCUT2D eigenvalue weighted by Gasteiger charge is 2.19. The fourth-order valence-electron chi connectivity index (χ4n) is 2.71. The first-order chi connectivity index (χ1) is 9.66. The lowest BCUT2D eigenvalue weighted by molar-refractivity contribution is -0.911. The number of quaternary nitrogens is 1. The summed E-state index contributed by atoms with van der Waals surface area (Å²) in [6.07, 6.45) is 2.52. The molecule has 1 saturated heterocycles. The Morgan fingerprint density at radius 2 is 2.00 bits per heavy atom. The van der Waals surface area contributed by atoms with E-state index in [0.717, 1.165) is 19.8 Å². The van der Waals surface area contributed by atoms with Crippen LogP contribution in [0, 0.1) is 10.6 Å². The lowest BCUT2D eigenvalue weighted by Crippen LogP contribution is -3.09. The van der Waals surface area contributed by atoms with E-state index in [1.807, 2.05) is 17.8 Å². The minimum Gasteiger partial charge on any atom is -0.316 e. The fourth-order valence-corrected chi connectivity index (χ4v) is 2.90. The molecule has 6 heteroatoms. The summed E-state index contributed by atoms with van der Waals surface area (Å²) in [5, 5.41) is 4.52.